The van der Waals surface area contributed by atoms with Crippen LogP contribution in [0.5, 0.6) is 0 Å². The van der Waals surface area contributed by atoms with Gasteiger partial charge in [-0.3, -0.25) is 9.59 Å². The summed E-state index contributed by atoms with van der Waals surface area (Å²) in [5, 5.41) is 6.89. The van der Waals surface area contributed by atoms with Crippen LogP contribution in [-0.2, 0) is 20.7 Å². The van der Waals surface area contributed by atoms with Crippen LogP contribution in [0, 0.1) is 0 Å². The van der Waals surface area contributed by atoms with E-state index in [1.807, 2.05) is 27.7 Å². The maximum absolute atomic E-state index is 12.8. The van der Waals surface area contributed by atoms with Crippen LogP contribution >= 0.6 is 0 Å². The minimum Gasteiger partial charge on any atom is -0.483 e. The van der Waals surface area contributed by atoms with E-state index in [9.17, 15) is 14.4 Å². The molecule has 1 aliphatic heterocycles. The molecule has 0 radical (unpaired) electrons. The second kappa shape index (κ2) is 10.6. The number of ether oxygens (including phenoxy) is 2. The molecule has 0 aliphatic carbocycles. The minimum atomic E-state index is -0.523. The Morgan fingerprint density at radius 3 is 2.28 bits per heavy atom. The van der Waals surface area contributed by atoms with Gasteiger partial charge in [-0.25, -0.2) is 9.59 Å². The first-order valence-electron chi connectivity index (χ1n) is 9.47. The Morgan fingerprint density at radius 2 is 1.83 bits per heavy atom. The standard InChI is InChI=1S/C19H28N2O5.CH2O2/c1-6-14-15(17(23)25-5)9-12-21(16(14)22)13-7-10-20(11-8-13)18(24)26-19(2,3)4;2-1-3/h9,12-13H,6-8,10-11H2,1-5H3;1H,(H,2,3). The Morgan fingerprint density at radius 1 is 1.28 bits per heavy atom. The molecule has 1 amide bonds. The van der Waals surface area contributed by atoms with Gasteiger partial charge in [-0.1, -0.05) is 6.92 Å². The minimum absolute atomic E-state index is 0.00168. The summed E-state index contributed by atoms with van der Waals surface area (Å²) in [6, 6.07) is 1.64. The summed E-state index contributed by atoms with van der Waals surface area (Å²) in [5.74, 6) is -0.495. The number of piperidine rings is 1. The van der Waals surface area contributed by atoms with Gasteiger partial charge in [0.05, 0.1) is 12.7 Å². The van der Waals surface area contributed by atoms with E-state index in [-0.39, 0.29) is 24.2 Å². The van der Waals surface area contributed by atoms with Gasteiger partial charge in [0, 0.05) is 30.9 Å². The highest BCUT2D eigenvalue weighted by Gasteiger charge is 2.28. The Labute approximate surface area is 170 Å². The maximum atomic E-state index is 12.8. The van der Waals surface area contributed by atoms with Gasteiger partial charge in [0.1, 0.15) is 5.60 Å². The molecule has 1 aromatic rings. The summed E-state index contributed by atoms with van der Waals surface area (Å²) >= 11 is 0. The molecular weight excluding hydrogens is 380 g/mol. The van der Waals surface area contributed by atoms with Crippen LogP contribution in [0.25, 0.3) is 0 Å². The average molecular weight is 410 g/mol. The fraction of sp³-hybridized carbons (Fsp3) is 0.600. The first-order chi connectivity index (χ1) is 13.6. The van der Waals surface area contributed by atoms with Crippen LogP contribution in [-0.4, -0.2) is 58.9 Å². The van der Waals surface area contributed by atoms with Gasteiger partial charge in [-0.2, -0.15) is 0 Å². The molecule has 1 saturated heterocycles. The van der Waals surface area contributed by atoms with Crippen molar-refractivity contribution in [1.29, 1.82) is 0 Å². The molecule has 1 N–H and O–H groups in total. The highest BCUT2D eigenvalue weighted by atomic mass is 16.6. The number of hydrogen-bond acceptors (Lipinski definition) is 6. The van der Waals surface area contributed by atoms with E-state index in [0.29, 0.717) is 43.5 Å². The lowest BCUT2D eigenvalue weighted by Gasteiger charge is -2.34. The molecule has 0 bridgehead atoms. The van der Waals surface area contributed by atoms with Gasteiger partial charge >= 0.3 is 12.1 Å². The molecule has 1 aromatic heterocycles. The summed E-state index contributed by atoms with van der Waals surface area (Å²) < 4.78 is 11.8. The quantitative estimate of drug-likeness (QED) is 0.601. The maximum Gasteiger partial charge on any atom is 0.410 e. The number of nitrogens with zero attached hydrogens (tertiary/aromatic N) is 2. The predicted molar refractivity (Wildman–Crippen MR) is 106 cm³/mol. The topological polar surface area (TPSA) is 115 Å². The second-order valence-corrected chi connectivity index (χ2v) is 7.57. The first kappa shape index (κ1) is 24.2. The van der Waals surface area contributed by atoms with Crippen molar-refractivity contribution in [1.82, 2.24) is 9.47 Å². The number of methoxy groups -OCH3 is 1. The number of carbonyl (C=O) groups excluding carboxylic acids is 2. The van der Waals surface area contributed by atoms with Crippen LogP contribution in [0.3, 0.4) is 0 Å². The van der Waals surface area contributed by atoms with Gasteiger partial charge in [0.15, 0.2) is 0 Å². The molecule has 9 nitrogen and oxygen atoms in total. The molecule has 2 rings (SSSR count). The number of pyridine rings is 1. The van der Waals surface area contributed by atoms with Gasteiger partial charge in [-0.05, 0) is 46.1 Å². The van der Waals surface area contributed by atoms with Gasteiger partial charge < -0.3 is 24.0 Å². The molecule has 0 saturated carbocycles. The fourth-order valence-electron chi connectivity index (χ4n) is 3.18. The largest absolute Gasteiger partial charge is 0.483 e. The first-order valence-corrected chi connectivity index (χ1v) is 9.47. The third-order valence-corrected chi connectivity index (χ3v) is 4.49. The van der Waals surface area contributed by atoms with Crippen LogP contribution in [0.4, 0.5) is 4.79 Å². The van der Waals surface area contributed by atoms with Crippen molar-refractivity contribution in [3.05, 3.63) is 33.7 Å². The third-order valence-electron chi connectivity index (χ3n) is 4.49. The molecule has 2 heterocycles. The second-order valence-electron chi connectivity index (χ2n) is 7.57. The molecule has 0 spiro atoms. The average Bonchev–Trinajstić information content (AvgIpc) is 2.66. The third kappa shape index (κ3) is 6.62. The molecule has 0 atom stereocenters. The van der Waals surface area contributed by atoms with E-state index >= 15 is 0 Å². The van der Waals surface area contributed by atoms with Crippen molar-refractivity contribution in [2.75, 3.05) is 20.2 Å². The predicted octanol–water partition coefficient (Wildman–Crippen LogP) is 2.47. The van der Waals surface area contributed by atoms with Crippen molar-refractivity contribution in [2.24, 2.45) is 0 Å². The van der Waals surface area contributed by atoms with E-state index < -0.39 is 11.6 Å². The van der Waals surface area contributed by atoms with Gasteiger partial charge in [0.2, 0.25) is 0 Å². The highest BCUT2D eigenvalue weighted by Crippen LogP contribution is 2.23. The van der Waals surface area contributed by atoms with E-state index in [2.05, 4.69) is 0 Å². The van der Waals surface area contributed by atoms with Crippen molar-refractivity contribution < 1.29 is 29.0 Å². The van der Waals surface area contributed by atoms with Crippen molar-refractivity contribution in [3.63, 3.8) is 0 Å². The number of carbonyl (C=O) groups is 3. The number of carboxylic acid groups (broad SMARTS) is 1. The Bertz CT molecular complexity index is 772. The molecule has 1 aliphatic rings. The molecule has 29 heavy (non-hydrogen) atoms. The number of likely N-dealkylation sites (tertiary alicyclic amines) is 1. The Balaban J connectivity index is 0.00000132. The zero-order valence-corrected chi connectivity index (χ0v) is 17.6. The number of amides is 1. The molecule has 1 fully saturated rings. The number of rotatable bonds is 3. The highest BCUT2D eigenvalue weighted by molar-refractivity contribution is 5.90. The van der Waals surface area contributed by atoms with Crippen molar-refractivity contribution in [2.45, 2.75) is 58.6 Å². The molecule has 162 valence electrons. The summed E-state index contributed by atoms with van der Waals surface area (Å²) in [6.45, 7) is 8.18. The van der Waals surface area contributed by atoms with E-state index in [0.717, 1.165) is 0 Å². The number of esters is 1. The van der Waals surface area contributed by atoms with Gasteiger partial charge in [0.25, 0.3) is 12.0 Å². The van der Waals surface area contributed by atoms with Crippen LogP contribution in [0.15, 0.2) is 17.1 Å². The monoisotopic (exact) mass is 410 g/mol. The van der Waals surface area contributed by atoms with Crippen molar-refractivity contribution in [3.8, 4) is 0 Å². The zero-order valence-electron chi connectivity index (χ0n) is 17.6. The normalized spacial score (nSPS) is 14.4. The SMILES string of the molecule is CCc1c(C(=O)OC)ccn(C2CCN(C(=O)OC(C)(C)C)CC2)c1=O.O=CO. The Kier molecular flexibility index (Phi) is 8.87. The molecule has 0 unspecified atom stereocenters. The van der Waals surface area contributed by atoms with E-state index in [4.69, 9.17) is 19.4 Å². The van der Waals surface area contributed by atoms with Gasteiger partial charge in [-0.15, -0.1) is 0 Å². The summed E-state index contributed by atoms with van der Waals surface area (Å²) in [5.41, 5.74) is 0.104. The van der Waals surface area contributed by atoms with E-state index in [1.165, 1.54) is 7.11 Å². The van der Waals surface area contributed by atoms with Crippen LogP contribution < -0.4 is 5.56 Å². The number of hydrogen-bond donors (Lipinski definition) is 1. The molecule has 0 aromatic carbocycles. The molecule has 9 heteroatoms. The van der Waals surface area contributed by atoms with E-state index in [1.54, 1.807) is 21.7 Å². The summed E-state index contributed by atoms with van der Waals surface area (Å²) in [4.78, 5) is 46.8. The summed E-state index contributed by atoms with van der Waals surface area (Å²) in [7, 11) is 1.31. The number of aromatic nitrogens is 1. The molecular formula is C20H30N2O7. The zero-order chi connectivity index (χ0) is 22.2. The van der Waals surface area contributed by atoms with Crippen molar-refractivity contribution >= 4 is 18.5 Å². The lowest BCUT2D eigenvalue weighted by molar-refractivity contribution is -0.122. The Hall–Kier alpha value is -2.84. The fourth-order valence-corrected chi connectivity index (χ4v) is 3.18. The van der Waals surface area contributed by atoms with Crippen LogP contribution in [0.2, 0.25) is 0 Å². The smallest absolute Gasteiger partial charge is 0.410 e. The lowest BCUT2D eigenvalue weighted by Crippen LogP contribution is -2.43. The lowest BCUT2D eigenvalue weighted by atomic mass is 10.0. The summed E-state index contributed by atoms with van der Waals surface area (Å²) in [6.07, 6.45) is 3.13. The van der Waals surface area contributed by atoms with Crippen LogP contribution in [0.1, 0.15) is 62.5 Å².